The van der Waals surface area contributed by atoms with E-state index >= 15 is 0 Å². The molecule has 0 bridgehead atoms. The van der Waals surface area contributed by atoms with Gasteiger partial charge in [0.05, 0.1) is 31.3 Å². The van der Waals surface area contributed by atoms with Crippen LogP contribution in [0.1, 0.15) is 11.5 Å². The van der Waals surface area contributed by atoms with E-state index in [4.69, 9.17) is 14.2 Å². The number of amides is 1. The number of esters is 2. The van der Waals surface area contributed by atoms with Crippen molar-refractivity contribution in [1.29, 1.82) is 0 Å². The Morgan fingerprint density at radius 3 is 1.72 bits per heavy atom. The summed E-state index contributed by atoms with van der Waals surface area (Å²) in [6, 6.07) is 17.4. The topological polar surface area (TPSA) is 82.1 Å². The lowest BCUT2D eigenvalue weighted by Crippen LogP contribution is -2.33. The smallest absolute Gasteiger partial charge is 0.423 e. The third kappa shape index (κ3) is 4.35. The molecule has 0 spiro atoms. The summed E-state index contributed by atoms with van der Waals surface area (Å²) >= 11 is 0. The van der Waals surface area contributed by atoms with E-state index in [-0.39, 0.29) is 11.1 Å². The van der Waals surface area contributed by atoms with Crippen molar-refractivity contribution in [3.63, 3.8) is 0 Å². The Morgan fingerprint density at radius 1 is 0.759 bits per heavy atom. The lowest BCUT2D eigenvalue weighted by atomic mass is 9.83. The molecule has 0 fully saturated rings. The van der Waals surface area contributed by atoms with Crippen LogP contribution >= 0.6 is 0 Å². The van der Waals surface area contributed by atoms with E-state index in [1.807, 2.05) is 6.07 Å². The van der Waals surface area contributed by atoms with Crippen LogP contribution in [-0.4, -0.2) is 37.2 Å². The fraction of sp³-hybridized carbons (Fsp3) is 0.136. The van der Waals surface area contributed by atoms with Gasteiger partial charge in [-0.1, -0.05) is 48.5 Å². The Bertz CT molecular complexity index is 931. The number of nitrogens with zero attached hydrogens (tertiary/aromatic N) is 1. The average molecular weight is 393 g/mol. The number of rotatable bonds is 4. The number of carbonyl (C=O) groups excluding carboxylic acids is 3. The molecule has 0 aliphatic carbocycles. The fourth-order valence-electron chi connectivity index (χ4n) is 2.98. The van der Waals surface area contributed by atoms with Gasteiger partial charge >= 0.3 is 18.0 Å². The molecule has 0 unspecified atom stereocenters. The molecule has 0 saturated heterocycles. The zero-order valence-corrected chi connectivity index (χ0v) is 15.9. The van der Waals surface area contributed by atoms with Crippen LogP contribution < -0.4 is 4.74 Å². The van der Waals surface area contributed by atoms with Gasteiger partial charge in [0, 0.05) is 12.4 Å². The summed E-state index contributed by atoms with van der Waals surface area (Å²) in [5.74, 6) is -1.78. The van der Waals surface area contributed by atoms with Crippen molar-refractivity contribution in [2.24, 2.45) is 0 Å². The van der Waals surface area contributed by atoms with Crippen LogP contribution in [0.5, 0.6) is 5.75 Å². The second-order valence-electron chi connectivity index (χ2n) is 6.08. The monoisotopic (exact) mass is 393 g/mol. The molecule has 148 valence electrons. The van der Waals surface area contributed by atoms with Gasteiger partial charge in [-0.05, 0) is 17.7 Å². The molecular formula is C22H19NO6. The minimum absolute atomic E-state index is 0.103. The lowest BCUT2D eigenvalue weighted by Gasteiger charge is -2.28. The van der Waals surface area contributed by atoms with E-state index in [0.29, 0.717) is 11.3 Å². The zero-order chi connectivity index (χ0) is 20.8. The second kappa shape index (κ2) is 8.88. The van der Waals surface area contributed by atoms with Gasteiger partial charge < -0.3 is 14.2 Å². The first-order valence-electron chi connectivity index (χ1n) is 8.75. The maximum Gasteiger partial charge on any atom is 0.423 e. The predicted molar refractivity (Wildman–Crippen MR) is 104 cm³/mol. The Balaban J connectivity index is 2.04. The number of hydrogen-bond acceptors (Lipinski definition) is 6. The molecule has 0 aromatic heterocycles. The minimum Gasteiger partial charge on any atom is -0.466 e. The molecule has 1 aliphatic rings. The average Bonchev–Trinajstić information content (AvgIpc) is 2.78. The van der Waals surface area contributed by atoms with E-state index in [1.165, 1.54) is 26.6 Å². The SMILES string of the molecule is COC(=O)C1=CN(C(=O)Oc2ccccc2)C=C(C(=O)OC)C1c1ccccc1. The van der Waals surface area contributed by atoms with Crippen molar-refractivity contribution in [2.45, 2.75) is 5.92 Å². The third-order valence-electron chi connectivity index (χ3n) is 4.31. The van der Waals surface area contributed by atoms with Crippen LogP contribution in [-0.2, 0) is 19.1 Å². The molecule has 7 heteroatoms. The standard InChI is InChI=1S/C22H19NO6/c1-27-20(24)17-13-23(22(26)29-16-11-7-4-8-12-16)14-18(21(25)28-2)19(17)15-9-5-3-6-10-15/h3-14,19H,1-2H3. The Labute approximate surface area is 167 Å². The summed E-state index contributed by atoms with van der Waals surface area (Å²) in [6.07, 6.45) is 1.83. The van der Waals surface area contributed by atoms with Crippen LogP contribution in [0.4, 0.5) is 4.79 Å². The largest absolute Gasteiger partial charge is 0.466 e. The van der Waals surface area contributed by atoms with Crippen LogP contribution in [0, 0.1) is 0 Å². The number of methoxy groups -OCH3 is 2. The van der Waals surface area contributed by atoms with Crippen molar-refractivity contribution in [2.75, 3.05) is 14.2 Å². The van der Waals surface area contributed by atoms with E-state index < -0.39 is 23.9 Å². The van der Waals surface area contributed by atoms with Crippen molar-refractivity contribution in [3.05, 3.63) is 89.8 Å². The minimum atomic E-state index is -0.787. The fourth-order valence-corrected chi connectivity index (χ4v) is 2.98. The van der Waals surface area contributed by atoms with Gasteiger partial charge in [0.2, 0.25) is 0 Å². The molecule has 1 heterocycles. The molecule has 2 aromatic carbocycles. The van der Waals surface area contributed by atoms with Crippen molar-refractivity contribution >= 4 is 18.0 Å². The molecule has 2 aromatic rings. The lowest BCUT2D eigenvalue weighted by molar-refractivity contribution is -0.137. The van der Waals surface area contributed by atoms with Crippen LogP contribution in [0.15, 0.2) is 84.2 Å². The Hall–Kier alpha value is -3.87. The van der Waals surface area contributed by atoms with Gasteiger partial charge in [-0.25, -0.2) is 14.4 Å². The van der Waals surface area contributed by atoms with Gasteiger partial charge in [-0.3, -0.25) is 4.90 Å². The van der Waals surface area contributed by atoms with Crippen molar-refractivity contribution < 1.29 is 28.6 Å². The molecular weight excluding hydrogens is 374 g/mol. The van der Waals surface area contributed by atoms with Crippen molar-refractivity contribution in [3.8, 4) is 5.75 Å². The highest BCUT2D eigenvalue weighted by Crippen LogP contribution is 2.37. The maximum absolute atomic E-state index is 12.6. The highest BCUT2D eigenvalue weighted by Gasteiger charge is 2.36. The zero-order valence-electron chi connectivity index (χ0n) is 15.9. The summed E-state index contributed by atoms with van der Waals surface area (Å²) < 4.78 is 15.1. The van der Waals surface area contributed by atoms with Gasteiger partial charge in [0.15, 0.2) is 0 Å². The van der Waals surface area contributed by atoms with Gasteiger partial charge in [0.25, 0.3) is 0 Å². The third-order valence-corrected chi connectivity index (χ3v) is 4.31. The van der Waals surface area contributed by atoms with Gasteiger partial charge in [0.1, 0.15) is 5.75 Å². The van der Waals surface area contributed by atoms with Crippen LogP contribution in [0.2, 0.25) is 0 Å². The molecule has 0 N–H and O–H groups in total. The molecule has 0 saturated carbocycles. The summed E-state index contributed by atoms with van der Waals surface area (Å²) in [5.41, 5.74) is 0.884. The summed E-state index contributed by atoms with van der Waals surface area (Å²) in [6.45, 7) is 0. The van der Waals surface area contributed by atoms with E-state index in [0.717, 1.165) is 4.90 Å². The normalized spacial score (nSPS) is 13.8. The van der Waals surface area contributed by atoms with E-state index in [2.05, 4.69) is 0 Å². The van der Waals surface area contributed by atoms with Gasteiger partial charge in [-0.15, -0.1) is 0 Å². The Morgan fingerprint density at radius 2 is 1.24 bits per heavy atom. The molecule has 1 aliphatic heterocycles. The highest BCUT2D eigenvalue weighted by atomic mass is 16.6. The van der Waals surface area contributed by atoms with E-state index in [9.17, 15) is 14.4 Å². The number of benzene rings is 2. The summed E-state index contributed by atoms with van der Waals surface area (Å²) in [4.78, 5) is 38.6. The number of carbonyl (C=O) groups is 3. The van der Waals surface area contributed by atoms with Crippen molar-refractivity contribution in [1.82, 2.24) is 4.90 Å². The van der Waals surface area contributed by atoms with Crippen LogP contribution in [0.3, 0.4) is 0 Å². The first-order chi connectivity index (χ1) is 14.0. The number of para-hydroxylation sites is 1. The number of ether oxygens (including phenoxy) is 3. The highest BCUT2D eigenvalue weighted by molar-refractivity contribution is 5.99. The molecule has 3 rings (SSSR count). The Kier molecular flexibility index (Phi) is 6.09. The molecule has 29 heavy (non-hydrogen) atoms. The predicted octanol–water partition coefficient (Wildman–Crippen LogP) is 3.40. The number of hydrogen-bond donors (Lipinski definition) is 0. The van der Waals surface area contributed by atoms with Gasteiger partial charge in [-0.2, -0.15) is 0 Å². The summed E-state index contributed by atoms with van der Waals surface area (Å²) in [5, 5.41) is 0. The quantitative estimate of drug-likeness (QED) is 0.741. The molecule has 1 amide bonds. The maximum atomic E-state index is 12.6. The summed E-state index contributed by atoms with van der Waals surface area (Å²) in [7, 11) is 2.46. The molecule has 7 nitrogen and oxygen atoms in total. The molecule has 0 radical (unpaired) electrons. The first kappa shape index (κ1) is 19.9. The van der Waals surface area contributed by atoms with E-state index in [1.54, 1.807) is 54.6 Å². The van der Waals surface area contributed by atoms with Crippen LogP contribution in [0.25, 0.3) is 0 Å². The second-order valence-corrected chi connectivity index (χ2v) is 6.08. The molecule has 0 atom stereocenters. The first-order valence-corrected chi connectivity index (χ1v) is 8.75.